The van der Waals surface area contributed by atoms with E-state index in [1.54, 1.807) is 6.92 Å². The molecule has 15 heavy (non-hydrogen) atoms. The first kappa shape index (κ1) is 14.9. The lowest BCUT2D eigenvalue weighted by Crippen LogP contribution is -2.39. The second kappa shape index (κ2) is 4.41. The highest BCUT2D eigenvalue weighted by molar-refractivity contribution is 7.52. The van der Waals surface area contributed by atoms with Gasteiger partial charge in [-0.05, 0) is 20.3 Å². The van der Waals surface area contributed by atoms with Crippen LogP contribution in [-0.2, 0) is 9.30 Å². The van der Waals surface area contributed by atoms with Crippen LogP contribution in [0.25, 0.3) is 0 Å². The Morgan fingerprint density at radius 1 is 1.33 bits per heavy atom. The molecule has 1 unspecified atom stereocenters. The van der Waals surface area contributed by atoms with Gasteiger partial charge in [0.25, 0.3) is 5.85 Å². The fraction of sp³-hybridized carbons (Fsp3) is 1.00. The molecule has 0 radical (unpaired) electrons. The molecule has 92 valence electrons. The van der Waals surface area contributed by atoms with Crippen molar-refractivity contribution < 1.29 is 32.3 Å². The lowest BCUT2D eigenvalue weighted by Gasteiger charge is -2.31. The third kappa shape index (κ3) is 4.97. The van der Waals surface area contributed by atoms with Crippen LogP contribution in [0.3, 0.4) is 0 Å². The van der Waals surface area contributed by atoms with Crippen LogP contribution in [0.5, 0.6) is 0 Å². The van der Waals surface area contributed by atoms with Crippen molar-refractivity contribution in [1.82, 2.24) is 0 Å². The van der Waals surface area contributed by atoms with Crippen molar-refractivity contribution in [3.05, 3.63) is 0 Å². The molecule has 0 amide bonds. The molecule has 0 aliphatic rings. The average molecular weight is 250 g/mol. The van der Waals surface area contributed by atoms with Gasteiger partial charge in [0.1, 0.15) is 0 Å². The largest absolute Gasteiger partial charge is 0.426 e. The number of hydrogen-bond donors (Lipinski definition) is 2. The van der Waals surface area contributed by atoms with Crippen LogP contribution in [0, 0.1) is 0 Å². The van der Waals surface area contributed by atoms with Gasteiger partial charge in [-0.2, -0.15) is 13.2 Å². The molecule has 0 saturated heterocycles. The second-order valence-corrected chi connectivity index (χ2v) is 5.36. The summed E-state index contributed by atoms with van der Waals surface area (Å²) in [7, 11) is -5.35. The van der Waals surface area contributed by atoms with Gasteiger partial charge in [-0.1, -0.05) is 6.92 Å². The SMILES string of the molecule is CCC(C)(C)OC(C(F)(F)F)P(=O)(O)O. The van der Waals surface area contributed by atoms with E-state index in [2.05, 4.69) is 4.74 Å². The number of ether oxygens (including phenoxy) is 1. The Hall–Kier alpha value is -0.100. The number of halogens is 3. The third-order valence-electron chi connectivity index (χ3n) is 1.87. The smallest absolute Gasteiger partial charge is 0.352 e. The minimum atomic E-state index is -5.35. The van der Waals surface area contributed by atoms with Crippen molar-refractivity contribution in [3.63, 3.8) is 0 Å². The molecule has 0 heterocycles. The zero-order chi connectivity index (χ0) is 12.5. The summed E-state index contributed by atoms with van der Waals surface area (Å²) < 4.78 is 51.8. The monoisotopic (exact) mass is 250 g/mol. The highest BCUT2D eigenvalue weighted by atomic mass is 31.2. The molecule has 0 spiro atoms. The molecular weight excluding hydrogens is 236 g/mol. The van der Waals surface area contributed by atoms with E-state index in [4.69, 9.17) is 9.79 Å². The maximum atomic E-state index is 12.3. The zero-order valence-electron chi connectivity index (χ0n) is 8.58. The second-order valence-electron chi connectivity index (χ2n) is 3.71. The van der Waals surface area contributed by atoms with Crippen LogP contribution in [0.4, 0.5) is 13.2 Å². The van der Waals surface area contributed by atoms with Gasteiger partial charge in [0.2, 0.25) is 0 Å². The van der Waals surface area contributed by atoms with E-state index < -0.39 is 25.2 Å². The first-order valence-corrected chi connectivity index (χ1v) is 5.88. The predicted molar refractivity (Wildman–Crippen MR) is 47.3 cm³/mol. The molecule has 1 atom stereocenters. The minimum Gasteiger partial charge on any atom is -0.352 e. The highest BCUT2D eigenvalue weighted by Gasteiger charge is 2.54. The molecule has 0 aliphatic carbocycles. The molecule has 0 aliphatic heterocycles. The summed E-state index contributed by atoms with van der Waals surface area (Å²) in [4.78, 5) is 17.1. The lowest BCUT2D eigenvalue weighted by molar-refractivity contribution is -0.224. The Morgan fingerprint density at radius 3 is 1.93 bits per heavy atom. The first-order valence-electron chi connectivity index (χ1n) is 4.20. The average Bonchev–Trinajstić information content (AvgIpc) is 1.96. The van der Waals surface area contributed by atoms with E-state index >= 15 is 0 Å². The van der Waals surface area contributed by atoms with Crippen molar-refractivity contribution in [2.75, 3.05) is 0 Å². The molecule has 0 saturated carbocycles. The van der Waals surface area contributed by atoms with Gasteiger partial charge >= 0.3 is 13.8 Å². The summed E-state index contributed by atoms with van der Waals surface area (Å²) in [6.45, 7) is 4.23. The fourth-order valence-corrected chi connectivity index (χ4v) is 1.52. The number of rotatable bonds is 4. The van der Waals surface area contributed by atoms with E-state index in [9.17, 15) is 17.7 Å². The van der Waals surface area contributed by atoms with Crippen LogP contribution in [-0.4, -0.2) is 27.4 Å². The number of hydrogen-bond acceptors (Lipinski definition) is 2. The molecular formula is C7H14F3O4P. The summed E-state index contributed by atoms with van der Waals surface area (Å²) >= 11 is 0. The Kier molecular flexibility index (Phi) is 4.38. The van der Waals surface area contributed by atoms with E-state index in [1.165, 1.54) is 13.8 Å². The molecule has 0 bridgehead atoms. The van der Waals surface area contributed by atoms with Gasteiger partial charge in [0.05, 0.1) is 5.60 Å². The van der Waals surface area contributed by atoms with Gasteiger partial charge < -0.3 is 14.5 Å². The van der Waals surface area contributed by atoms with E-state index in [1.807, 2.05) is 0 Å². The maximum absolute atomic E-state index is 12.3. The Labute approximate surface area is 85.6 Å². The van der Waals surface area contributed by atoms with Gasteiger partial charge in [0.15, 0.2) is 0 Å². The molecule has 0 aromatic rings. The quantitative estimate of drug-likeness (QED) is 0.751. The zero-order valence-corrected chi connectivity index (χ0v) is 9.47. The molecule has 0 fully saturated rings. The van der Waals surface area contributed by atoms with Gasteiger partial charge in [-0.25, -0.2) is 0 Å². The van der Waals surface area contributed by atoms with Crippen molar-refractivity contribution in [3.8, 4) is 0 Å². The Balaban J connectivity index is 4.93. The lowest BCUT2D eigenvalue weighted by atomic mass is 10.1. The van der Waals surface area contributed by atoms with Gasteiger partial charge in [0, 0.05) is 0 Å². The maximum Gasteiger partial charge on any atom is 0.426 e. The minimum absolute atomic E-state index is 0.208. The normalized spacial score (nSPS) is 16.5. The summed E-state index contributed by atoms with van der Waals surface area (Å²) in [6.07, 6.45) is -4.87. The van der Waals surface area contributed by atoms with Crippen molar-refractivity contribution in [2.45, 2.75) is 44.8 Å². The number of alkyl halides is 3. The van der Waals surface area contributed by atoms with Crippen molar-refractivity contribution >= 4 is 7.60 Å². The van der Waals surface area contributed by atoms with Gasteiger partial charge in [-0.15, -0.1) is 0 Å². The summed E-state index contributed by atoms with van der Waals surface area (Å²) in [5, 5.41) is 0. The van der Waals surface area contributed by atoms with E-state index in [-0.39, 0.29) is 6.42 Å². The standard InChI is InChI=1S/C7H14F3O4P/c1-4-6(2,3)14-5(7(8,9)10)15(11,12)13/h5H,4H2,1-3H3,(H2,11,12,13). The first-order chi connectivity index (χ1) is 6.40. The molecule has 0 aromatic heterocycles. The molecule has 4 nitrogen and oxygen atoms in total. The van der Waals surface area contributed by atoms with Crippen LogP contribution in [0.2, 0.25) is 0 Å². The van der Waals surface area contributed by atoms with Gasteiger partial charge in [-0.3, -0.25) is 4.57 Å². The van der Waals surface area contributed by atoms with Crippen molar-refractivity contribution in [2.24, 2.45) is 0 Å². The summed E-state index contributed by atoms with van der Waals surface area (Å²) in [5.74, 6) is -3.06. The third-order valence-corrected chi connectivity index (χ3v) is 2.88. The highest BCUT2D eigenvalue weighted by Crippen LogP contribution is 2.51. The molecule has 2 N–H and O–H groups in total. The Bertz CT molecular complexity index is 257. The van der Waals surface area contributed by atoms with Crippen LogP contribution < -0.4 is 0 Å². The van der Waals surface area contributed by atoms with Crippen molar-refractivity contribution in [1.29, 1.82) is 0 Å². The van der Waals surface area contributed by atoms with E-state index in [0.29, 0.717) is 0 Å². The topological polar surface area (TPSA) is 66.8 Å². The Morgan fingerprint density at radius 2 is 1.73 bits per heavy atom. The van der Waals surface area contributed by atoms with E-state index in [0.717, 1.165) is 0 Å². The summed E-state index contributed by atoms with van der Waals surface area (Å²) in [5.41, 5.74) is -1.23. The summed E-state index contributed by atoms with van der Waals surface area (Å²) in [6, 6.07) is 0. The molecule has 0 rings (SSSR count). The molecule has 8 heteroatoms. The fourth-order valence-electron chi connectivity index (χ4n) is 0.712. The van der Waals surface area contributed by atoms with Crippen LogP contribution in [0.1, 0.15) is 27.2 Å². The van der Waals surface area contributed by atoms with Crippen LogP contribution in [0.15, 0.2) is 0 Å². The van der Waals surface area contributed by atoms with Crippen LogP contribution >= 0.6 is 7.60 Å². The molecule has 0 aromatic carbocycles. The predicted octanol–water partition coefficient (Wildman–Crippen LogP) is 2.26.